The summed E-state index contributed by atoms with van der Waals surface area (Å²) in [7, 11) is 1.44. The lowest BCUT2D eigenvalue weighted by Crippen LogP contribution is -2.03. The number of nitro benzene ring substituents is 1. The molecule has 0 saturated heterocycles. The molecule has 3 aromatic carbocycles. The van der Waals surface area contributed by atoms with Crippen LogP contribution in [-0.2, 0) is 6.61 Å². The number of nitro groups is 1. The monoisotopic (exact) mass is 431 g/mol. The minimum Gasteiger partial charge on any atom is -0.493 e. The Labute approximate surface area is 183 Å². The molecule has 1 aromatic heterocycles. The summed E-state index contributed by atoms with van der Waals surface area (Å²) in [6.45, 7) is 2.17. The standard InChI is InChI=1S/C23H21N5O4/c1-15-7-9-16(10-8-15)14-32-22-20(28(29)30)11-17(12-21(22)31-2)13-24-27-23-25-18-5-3-4-6-19(18)26-23/h3-13H,14H2,1-2H3,(H2,25,26,27)/b24-13-. The third-order valence-corrected chi connectivity index (χ3v) is 4.75. The van der Waals surface area contributed by atoms with E-state index in [9.17, 15) is 10.1 Å². The average Bonchev–Trinajstić information content (AvgIpc) is 3.21. The molecule has 0 amide bonds. The predicted molar refractivity (Wildman–Crippen MR) is 122 cm³/mol. The number of imidazole rings is 1. The Morgan fingerprint density at radius 2 is 1.97 bits per heavy atom. The van der Waals surface area contributed by atoms with Gasteiger partial charge in [0.05, 0.1) is 29.3 Å². The molecule has 0 saturated carbocycles. The van der Waals surface area contributed by atoms with Crippen molar-refractivity contribution in [3.63, 3.8) is 0 Å². The molecule has 9 nitrogen and oxygen atoms in total. The number of aromatic nitrogens is 2. The van der Waals surface area contributed by atoms with Crippen LogP contribution in [0.3, 0.4) is 0 Å². The Morgan fingerprint density at radius 1 is 1.19 bits per heavy atom. The van der Waals surface area contributed by atoms with Crippen LogP contribution in [0.1, 0.15) is 16.7 Å². The number of nitrogens with zero attached hydrogens (tertiary/aromatic N) is 3. The molecule has 0 radical (unpaired) electrons. The quantitative estimate of drug-likeness (QED) is 0.235. The highest BCUT2D eigenvalue weighted by atomic mass is 16.6. The normalized spacial score (nSPS) is 11.1. The number of methoxy groups -OCH3 is 1. The van der Waals surface area contributed by atoms with Crippen molar-refractivity contribution < 1.29 is 14.4 Å². The van der Waals surface area contributed by atoms with Crippen LogP contribution in [0.4, 0.5) is 11.6 Å². The maximum absolute atomic E-state index is 11.7. The molecular weight excluding hydrogens is 410 g/mol. The van der Waals surface area contributed by atoms with Crippen LogP contribution >= 0.6 is 0 Å². The Bertz CT molecular complexity index is 1250. The highest BCUT2D eigenvalue weighted by molar-refractivity contribution is 5.84. The summed E-state index contributed by atoms with van der Waals surface area (Å²) in [5, 5.41) is 15.8. The fourth-order valence-corrected chi connectivity index (χ4v) is 3.13. The fraction of sp³-hybridized carbons (Fsp3) is 0.130. The van der Waals surface area contributed by atoms with Crippen molar-refractivity contribution in [2.75, 3.05) is 12.5 Å². The van der Waals surface area contributed by atoms with Gasteiger partial charge >= 0.3 is 5.69 Å². The Balaban J connectivity index is 1.54. The van der Waals surface area contributed by atoms with E-state index in [1.165, 1.54) is 19.4 Å². The molecular formula is C23H21N5O4. The van der Waals surface area contributed by atoms with Gasteiger partial charge in [0.15, 0.2) is 5.75 Å². The molecule has 0 spiro atoms. The van der Waals surface area contributed by atoms with Crippen LogP contribution in [0.25, 0.3) is 11.0 Å². The lowest BCUT2D eigenvalue weighted by molar-refractivity contribution is -0.386. The van der Waals surface area contributed by atoms with Gasteiger partial charge in [0.1, 0.15) is 6.61 Å². The van der Waals surface area contributed by atoms with Gasteiger partial charge in [-0.05, 0) is 30.7 Å². The number of hydrogen-bond acceptors (Lipinski definition) is 7. The molecule has 1 heterocycles. The van der Waals surface area contributed by atoms with Crippen molar-refractivity contribution in [1.82, 2.24) is 9.97 Å². The number of ether oxygens (including phenoxy) is 2. The maximum Gasteiger partial charge on any atom is 0.315 e. The van der Waals surface area contributed by atoms with Crippen molar-refractivity contribution in [3.05, 3.63) is 87.5 Å². The minimum absolute atomic E-state index is 0.0699. The van der Waals surface area contributed by atoms with E-state index in [1.54, 1.807) is 6.07 Å². The molecule has 0 atom stereocenters. The molecule has 9 heteroatoms. The highest BCUT2D eigenvalue weighted by Gasteiger charge is 2.22. The van der Waals surface area contributed by atoms with Gasteiger partial charge in [-0.15, -0.1) is 0 Å². The first-order valence-corrected chi connectivity index (χ1v) is 9.82. The molecule has 0 fully saturated rings. The third kappa shape index (κ3) is 4.67. The van der Waals surface area contributed by atoms with Gasteiger partial charge in [-0.1, -0.05) is 42.0 Å². The van der Waals surface area contributed by atoms with Gasteiger partial charge in [0.2, 0.25) is 11.7 Å². The summed E-state index contributed by atoms with van der Waals surface area (Å²) in [6, 6.07) is 18.3. The second-order valence-corrected chi connectivity index (χ2v) is 7.08. The summed E-state index contributed by atoms with van der Waals surface area (Å²) in [5.74, 6) is 0.777. The van der Waals surface area contributed by atoms with Gasteiger partial charge in [0, 0.05) is 11.6 Å². The molecule has 0 aliphatic heterocycles. The van der Waals surface area contributed by atoms with Crippen LogP contribution in [0.2, 0.25) is 0 Å². The van der Waals surface area contributed by atoms with Gasteiger partial charge in [-0.2, -0.15) is 5.10 Å². The average molecular weight is 431 g/mol. The molecule has 0 unspecified atom stereocenters. The van der Waals surface area contributed by atoms with E-state index in [4.69, 9.17) is 9.47 Å². The largest absolute Gasteiger partial charge is 0.493 e. The smallest absolute Gasteiger partial charge is 0.315 e. The summed E-state index contributed by atoms with van der Waals surface area (Å²) in [4.78, 5) is 18.6. The number of para-hydroxylation sites is 2. The zero-order valence-electron chi connectivity index (χ0n) is 17.5. The van der Waals surface area contributed by atoms with E-state index < -0.39 is 4.92 Å². The van der Waals surface area contributed by atoms with Crippen molar-refractivity contribution in [2.45, 2.75) is 13.5 Å². The number of aryl methyl sites for hydroxylation is 1. The molecule has 0 bridgehead atoms. The van der Waals surface area contributed by atoms with Crippen molar-refractivity contribution >= 4 is 28.9 Å². The Hall–Kier alpha value is -4.40. The molecule has 32 heavy (non-hydrogen) atoms. The predicted octanol–water partition coefficient (Wildman–Crippen LogP) is 4.81. The molecule has 4 aromatic rings. The van der Waals surface area contributed by atoms with Crippen LogP contribution in [0.15, 0.2) is 65.8 Å². The lowest BCUT2D eigenvalue weighted by Gasteiger charge is -2.12. The Morgan fingerprint density at radius 3 is 2.69 bits per heavy atom. The SMILES string of the molecule is COc1cc(/C=N\Nc2nc3ccccc3[nH]2)cc([N+](=O)[O-])c1OCc1ccc(C)cc1. The fourth-order valence-electron chi connectivity index (χ4n) is 3.13. The molecule has 0 aliphatic rings. The van der Waals surface area contributed by atoms with E-state index in [1.807, 2.05) is 55.5 Å². The van der Waals surface area contributed by atoms with Gasteiger partial charge in [0.25, 0.3) is 0 Å². The number of rotatable bonds is 8. The first-order valence-electron chi connectivity index (χ1n) is 9.82. The van der Waals surface area contributed by atoms with Gasteiger partial charge in [-0.3, -0.25) is 10.1 Å². The lowest BCUT2D eigenvalue weighted by atomic mass is 10.1. The van der Waals surface area contributed by atoms with Crippen molar-refractivity contribution in [1.29, 1.82) is 0 Å². The number of H-pyrrole nitrogens is 1. The number of nitrogens with one attached hydrogen (secondary N) is 2. The van der Waals surface area contributed by atoms with Crippen molar-refractivity contribution in [3.8, 4) is 11.5 Å². The third-order valence-electron chi connectivity index (χ3n) is 4.75. The topological polar surface area (TPSA) is 115 Å². The second kappa shape index (κ2) is 9.17. The molecule has 162 valence electrons. The number of anilines is 1. The summed E-state index contributed by atoms with van der Waals surface area (Å²) >= 11 is 0. The van der Waals surface area contributed by atoms with Crippen LogP contribution in [0.5, 0.6) is 11.5 Å². The molecule has 4 rings (SSSR count). The van der Waals surface area contributed by atoms with E-state index in [0.717, 1.165) is 22.2 Å². The van der Waals surface area contributed by atoms with E-state index >= 15 is 0 Å². The number of hydrogen-bond donors (Lipinski definition) is 2. The van der Waals surface area contributed by atoms with E-state index in [2.05, 4.69) is 20.5 Å². The minimum atomic E-state index is -0.503. The highest BCUT2D eigenvalue weighted by Crippen LogP contribution is 2.38. The zero-order valence-corrected chi connectivity index (χ0v) is 17.5. The van der Waals surface area contributed by atoms with Gasteiger partial charge in [-0.25, -0.2) is 10.4 Å². The zero-order chi connectivity index (χ0) is 22.5. The van der Waals surface area contributed by atoms with E-state index in [0.29, 0.717) is 11.5 Å². The second-order valence-electron chi connectivity index (χ2n) is 7.08. The van der Waals surface area contributed by atoms with Gasteiger partial charge < -0.3 is 14.5 Å². The first kappa shape index (κ1) is 20.9. The summed E-state index contributed by atoms with van der Waals surface area (Å²) < 4.78 is 11.1. The maximum atomic E-state index is 11.7. The Kier molecular flexibility index (Phi) is 5.98. The van der Waals surface area contributed by atoms with Crippen molar-refractivity contribution in [2.24, 2.45) is 5.10 Å². The van der Waals surface area contributed by atoms with Crippen LogP contribution in [0, 0.1) is 17.0 Å². The first-order chi connectivity index (χ1) is 15.5. The molecule has 0 aliphatic carbocycles. The number of fused-ring (bicyclic) bond motifs is 1. The molecule has 2 N–H and O–H groups in total. The number of aromatic amines is 1. The summed E-state index contributed by atoms with van der Waals surface area (Å²) in [5.41, 5.74) is 6.76. The number of hydrazone groups is 1. The van der Waals surface area contributed by atoms with E-state index in [-0.39, 0.29) is 23.8 Å². The number of benzene rings is 3. The van der Waals surface area contributed by atoms with Crippen LogP contribution < -0.4 is 14.9 Å². The van der Waals surface area contributed by atoms with Crippen LogP contribution in [-0.4, -0.2) is 28.2 Å². The summed E-state index contributed by atoms with van der Waals surface area (Å²) in [6.07, 6.45) is 1.45.